The van der Waals surface area contributed by atoms with Crippen LogP contribution in [0.4, 0.5) is 4.39 Å². The van der Waals surface area contributed by atoms with Crippen molar-refractivity contribution in [1.29, 1.82) is 0 Å². The smallest absolute Gasteiger partial charge is 0.124 e. The van der Waals surface area contributed by atoms with E-state index in [1.807, 2.05) is 25.1 Å². The average molecular weight is 417 g/mol. The summed E-state index contributed by atoms with van der Waals surface area (Å²) in [6, 6.07) is 10.4. The average Bonchev–Trinajstić information content (AvgIpc) is 2.47. The summed E-state index contributed by atoms with van der Waals surface area (Å²) >= 11 is 6.99. The molecule has 1 atom stereocenters. The maximum Gasteiger partial charge on any atom is 0.124 e. The van der Waals surface area contributed by atoms with Crippen LogP contribution in [0, 0.1) is 5.82 Å². The molecule has 0 heterocycles. The van der Waals surface area contributed by atoms with Crippen molar-refractivity contribution in [3.05, 3.63) is 62.3 Å². The molecule has 0 radical (unpaired) electrons. The minimum atomic E-state index is -0.259. The zero-order valence-electron chi connectivity index (χ0n) is 11.8. The van der Waals surface area contributed by atoms with Gasteiger partial charge in [0.05, 0.1) is 13.2 Å². The lowest BCUT2D eigenvalue weighted by Crippen LogP contribution is -2.23. The molecule has 2 aromatic rings. The molecule has 0 saturated carbocycles. The predicted molar refractivity (Wildman–Crippen MR) is 90.3 cm³/mol. The molecule has 112 valence electrons. The third-order valence-electron chi connectivity index (χ3n) is 3.18. The zero-order valence-corrected chi connectivity index (χ0v) is 15.0. The van der Waals surface area contributed by atoms with Gasteiger partial charge in [-0.1, -0.05) is 38.8 Å². The van der Waals surface area contributed by atoms with Gasteiger partial charge < -0.3 is 10.1 Å². The van der Waals surface area contributed by atoms with E-state index in [9.17, 15) is 4.39 Å². The number of ether oxygens (including phenoxy) is 1. The van der Waals surface area contributed by atoms with Crippen LogP contribution in [0.2, 0.25) is 0 Å². The summed E-state index contributed by atoms with van der Waals surface area (Å²) in [5.41, 5.74) is 1.80. The van der Waals surface area contributed by atoms with Gasteiger partial charge in [-0.25, -0.2) is 4.39 Å². The number of rotatable bonds is 5. The second-order valence-electron chi connectivity index (χ2n) is 4.54. The summed E-state index contributed by atoms with van der Waals surface area (Å²) in [5.74, 6) is 0.505. The highest BCUT2D eigenvalue weighted by Gasteiger charge is 2.20. The van der Waals surface area contributed by atoms with E-state index in [1.165, 1.54) is 12.1 Å². The molecule has 0 aliphatic rings. The van der Waals surface area contributed by atoms with Crippen LogP contribution in [0.3, 0.4) is 0 Å². The molecule has 0 spiro atoms. The van der Waals surface area contributed by atoms with Crippen molar-refractivity contribution < 1.29 is 9.13 Å². The summed E-state index contributed by atoms with van der Waals surface area (Å²) in [6.07, 6.45) is 0. The molecule has 0 bridgehead atoms. The molecule has 2 rings (SSSR count). The molecule has 0 fully saturated rings. The van der Waals surface area contributed by atoms with Crippen LogP contribution in [0.5, 0.6) is 5.75 Å². The van der Waals surface area contributed by atoms with E-state index < -0.39 is 0 Å². The molecule has 0 aromatic heterocycles. The maximum atomic E-state index is 13.6. The topological polar surface area (TPSA) is 21.3 Å². The van der Waals surface area contributed by atoms with Crippen LogP contribution in [-0.4, -0.2) is 13.7 Å². The Morgan fingerprint density at radius 1 is 1.14 bits per heavy atom. The second-order valence-corrected chi connectivity index (χ2v) is 6.31. The minimum absolute atomic E-state index is 0.160. The van der Waals surface area contributed by atoms with Gasteiger partial charge in [0, 0.05) is 14.5 Å². The fraction of sp³-hybridized carbons (Fsp3) is 0.250. The van der Waals surface area contributed by atoms with Crippen LogP contribution < -0.4 is 10.1 Å². The van der Waals surface area contributed by atoms with Crippen molar-refractivity contribution in [3.63, 3.8) is 0 Å². The largest absolute Gasteiger partial charge is 0.496 e. The SMILES string of the molecule is CCNC(c1cc(F)ccc1Br)c1cc(Br)ccc1OC. The fourth-order valence-corrected chi connectivity index (χ4v) is 3.11. The third kappa shape index (κ3) is 3.84. The Bertz CT molecular complexity index is 634. The quantitative estimate of drug-likeness (QED) is 0.735. The summed E-state index contributed by atoms with van der Waals surface area (Å²) in [6.45, 7) is 2.77. The molecule has 0 saturated heterocycles. The number of methoxy groups -OCH3 is 1. The highest BCUT2D eigenvalue weighted by Crippen LogP contribution is 2.35. The normalized spacial score (nSPS) is 12.2. The van der Waals surface area contributed by atoms with Crippen molar-refractivity contribution in [2.45, 2.75) is 13.0 Å². The molecule has 2 nitrogen and oxygen atoms in total. The number of nitrogens with one attached hydrogen (secondary N) is 1. The number of benzene rings is 2. The lowest BCUT2D eigenvalue weighted by Gasteiger charge is -2.22. The van der Waals surface area contributed by atoms with E-state index in [0.717, 1.165) is 32.4 Å². The standard InChI is InChI=1S/C16H16Br2FNO/c1-3-20-16(12-9-11(19)5-6-14(12)18)13-8-10(17)4-7-15(13)21-2/h4-9,16,20H,3H2,1-2H3. The number of hydrogen-bond donors (Lipinski definition) is 1. The molecule has 2 aromatic carbocycles. The molecule has 21 heavy (non-hydrogen) atoms. The van der Waals surface area contributed by atoms with Crippen LogP contribution in [0.25, 0.3) is 0 Å². The third-order valence-corrected chi connectivity index (χ3v) is 4.40. The maximum absolute atomic E-state index is 13.6. The van der Waals surface area contributed by atoms with Crippen LogP contribution in [-0.2, 0) is 0 Å². The van der Waals surface area contributed by atoms with Gasteiger partial charge >= 0.3 is 0 Å². The van der Waals surface area contributed by atoms with Crippen molar-refractivity contribution >= 4 is 31.9 Å². The van der Waals surface area contributed by atoms with Gasteiger partial charge in [0.25, 0.3) is 0 Å². The van der Waals surface area contributed by atoms with Gasteiger partial charge in [-0.05, 0) is 48.5 Å². The number of halogens is 3. The Kier molecular flexibility index (Phi) is 5.79. The first kappa shape index (κ1) is 16.5. The molecule has 0 aliphatic carbocycles. The van der Waals surface area contributed by atoms with Gasteiger partial charge in [-0.15, -0.1) is 0 Å². The van der Waals surface area contributed by atoms with Crippen LogP contribution in [0.1, 0.15) is 24.1 Å². The van der Waals surface area contributed by atoms with Gasteiger partial charge in [-0.2, -0.15) is 0 Å². The Hall–Kier alpha value is -0.910. The molecule has 0 aliphatic heterocycles. The van der Waals surface area contributed by atoms with Crippen molar-refractivity contribution in [2.24, 2.45) is 0 Å². The minimum Gasteiger partial charge on any atom is -0.496 e. The molecule has 1 unspecified atom stereocenters. The Morgan fingerprint density at radius 3 is 2.57 bits per heavy atom. The lowest BCUT2D eigenvalue weighted by atomic mass is 9.97. The fourth-order valence-electron chi connectivity index (χ4n) is 2.26. The zero-order chi connectivity index (χ0) is 15.4. The first-order valence-corrected chi connectivity index (χ1v) is 8.17. The van der Waals surface area contributed by atoms with E-state index in [0.29, 0.717) is 0 Å². The van der Waals surface area contributed by atoms with E-state index >= 15 is 0 Å². The van der Waals surface area contributed by atoms with Crippen LogP contribution >= 0.6 is 31.9 Å². The van der Waals surface area contributed by atoms with E-state index in [4.69, 9.17) is 4.74 Å². The van der Waals surface area contributed by atoms with E-state index in [1.54, 1.807) is 13.2 Å². The van der Waals surface area contributed by atoms with Gasteiger partial charge in [0.1, 0.15) is 11.6 Å². The Balaban J connectivity index is 2.58. The monoisotopic (exact) mass is 415 g/mol. The molecule has 5 heteroatoms. The van der Waals surface area contributed by atoms with Gasteiger partial charge in [0.15, 0.2) is 0 Å². The lowest BCUT2D eigenvalue weighted by molar-refractivity contribution is 0.404. The van der Waals surface area contributed by atoms with Crippen LogP contribution in [0.15, 0.2) is 45.3 Å². The highest BCUT2D eigenvalue weighted by molar-refractivity contribution is 9.10. The Labute approximate surface area is 141 Å². The molecule has 0 amide bonds. The van der Waals surface area contributed by atoms with Crippen molar-refractivity contribution in [1.82, 2.24) is 5.32 Å². The summed E-state index contributed by atoms with van der Waals surface area (Å²) in [7, 11) is 1.64. The van der Waals surface area contributed by atoms with Gasteiger partial charge in [-0.3, -0.25) is 0 Å². The summed E-state index contributed by atoms with van der Waals surface area (Å²) in [5, 5.41) is 3.39. The molecule has 1 N–H and O–H groups in total. The first-order valence-electron chi connectivity index (χ1n) is 6.58. The predicted octanol–water partition coefficient (Wildman–Crippen LogP) is 5.06. The van der Waals surface area contributed by atoms with Crippen molar-refractivity contribution in [2.75, 3.05) is 13.7 Å². The Morgan fingerprint density at radius 2 is 1.90 bits per heavy atom. The molecular weight excluding hydrogens is 401 g/mol. The second kappa shape index (κ2) is 7.38. The van der Waals surface area contributed by atoms with E-state index in [-0.39, 0.29) is 11.9 Å². The molecular formula is C16H16Br2FNO. The summed E-state index contributed by atoms with van der Waals surface area (Å²) in [4.78, 5) is 0. The number of hydrogen-bond acceptors (Lipinski definition) is 2. The van der Waals surface area contributed by atoms with E-state index in [2.05, 4.69) is 37.2 Å². The first-order chi connectivity index (χ1) is 10.1. The van der Waals surface area contributed by atoms with Gasteiger partial charge in [0.2, 0.25) is 0 Å². The summed E-state index contributed by atoms with van der Waals surface area (Å²) < 4.78 is 20.9. The van der Waals surface area contributed by atoms with Crippen molar-refractivity contribution in [3.8, 4) is 5.75 Å². The highest BCUT2D eigenvalue weighted by atomic mass is 79.9.